The van der Waals surface area contributed by atoms with E-state index in [9.17, 15) is 4.79 Å². The van der Waals surface area contributed by atoms with Crippen LogP contribution in [0.4, 0.5) is 4.79 Å². The Morgan fingerprint density at radius 2 is 2.06 bits per heavy atom. The van der Waals surface area contributed by atoms with Gasteiger partial charge in [0.25, 0.3) is 0 Å². The van der Waals surface area contributed by atoms with Gasteiger partial charge >= 0.3 is 6.09 Å². The molecule has 0 radical (unpaired) electrons. The highest BCUT2D eigenvalue weighted by Crippen LogP contribution is 2.08. The Kier molecular flexibility index (Phi) is 4.16. The lowest BCUT2D eigenvalue weighted by atomic mass is 10.2. The number of benzene rings is 1. The topological polar surface area (TPSA) is 38.3 Å². The molecule has 2 rings (SSSR count). The number of hydrogen-bond donors (Lipinski definition) is 1. The Morgan fingerprint density at radius 3 is 2.76 bits per heavy atom. The molecule has 0 unspecified atom stereocenters. The van der Waals surface area contributed by atoms with Crippen LogP contribution in [0.15, 0.2) is 47.2 Å². The van der Waals surface area contributed by atoms with Crippen LogP contribution in [0.3, 0.4) is 0 Å². The zero-order chi connectivity index (χ0) is 11.9. The monoisotopic (exact) mass is 247 g/mol. The quantitative estimate of drug-likeness (QED) is 0.901. The number of para-hydroxylation sites is 1. The van der Waals surface area contributed by atoms with E-state index >= 15 is 0 Å². The van der Waals surface area contributed by atoms with Crippen LogP contribution >= 0.6 is 11.3 Å². The van der Waals surface area contributed by atoms with Gasteiger partial charge in [0.05, 0.1) is 0 Å². The molecule has 0 aliphatic rings. The summed E-state index contributed by atoms with van der Waals surface area (Å²) in [5, 5.41) is 6.81. The molecule has 0 fully saturated rings. The van der Waals surface area contributed by atoms with Gasteiger partial charge in [0, 0.05) is 6.54 Å². The van der Waals surface area contributed by atoms with Crippen molar-refractivity contribution in [3.63, 3.8) is 0 Å². The third-order valence-corrected chi connectivity index (χ3v) is 2.95. The molecule has 1 amide bonds. The van der Waals surface area contributed by atoms with Crippen LogP contribution in [0.1, 0.15) is 5.56 Å². The van der Waals surface area contributed by atoms with Gasteiger partial charge in [-0.1, -0.05) is 18.2 Å². The van der Waals surface area contributed by atoms with E-state index in [4.69, 9.17) is 4.74 Å². The highest BCUT2D eigenvalue weighted by Gasteiger charge is 2.02. The largest absolute Gasteiger partial charge is 0.412 e. The standard InChI is InChI=1S/C13H13NO2S/c15-13(16-12-4-2-1-3-5-12)14-8-6-11-7-9-17-10-11/h1-5,7,9-10H,6,8H2,(H,14,15). The van der Waals surface area contributed by atoms with Crippen molar-refractivity contribution in [3.05, 3.63) is 52.7 Å². The van der Waals surface area contributed by atoms with E-state index in [2.05, 4.69) is 16.8 Å². The molecule has 0 bridgehead atoms. The third-order valence-electron chi connectivity index (χ3n) is 2.22. The summed E-state index contributed by atoms with van der Waals surface area (Å²) < 4.78 is 5.09. The molecular weight excluding hydrogens is 234 g/mol. The van der Waals surface area contributed by atoms with E-state index in [0.29, 0.717) is 12.3 Å². The van der Waals surface area contributed by atoms with Crippen LogP contribution in [0.2, 0.25) is 0 Å². The van der Waals surface area contributed by atoms with E-state index < -0.39 is 6.09 Å². The minimum absolute atomic E-state index is 0.411. The molecule has 0 spiro atoms. The zero-order valence-electron chi connectivity index (χ0n) is 9.26. The number of amides is 1. The van der Waals surface area contributed by atoms with Gasteiger partial charge < -0.3 is 10.1 Å². The summed E-state index contributed by atoms with van der Waals surface area (Å²) >= 11 is 1.66. The lowest BCUT2D eigenvalue weighted by Gasteiger charge is -2.05. The molecule has 3 nitrogen and oxygen atoms in total. The Labute approximate surface area is 104 Å². The van der Waals surface area contributed by atoms with Gasteiger partial charge in [-0.3, -0.25) is 0 Å². The van der Waals surface area contributed by atoms with Gasteiger partial charge in [0.15, 0.2) is 0 Å². The fraction of sp³-hybridized carbons (Fsp3) is 0.154. The number of carbonyl (C=O) groups excluding carboxylic acids is 1. The minimum Gasteiger partial charge on any atom is -0.410 e. The van der Waals surface area contributed by atoms with Crippen LogP contribution < -0.4 is 10.1 Å². The number of thiophene rings is 1. The summed E-state index contributed by atoms with van der Waals surface area (Å²) in [5.74, 6) is 0.556. The van der Waals surface area contributed by atoms with Crippen molar-refractivity contribution in [1.82, 2.24) is 5.32 Å². The second kappa shape index (κ2) is 6.06. The summed E-state index contributed by atoms with van der Waals surface area (Å²) in [7, 11) is 0. The summed E-state index contributed by atoms with van der Waals surface area (Å²) in [6, 6.07) is 11.1. The average Bonchev–Trinajstić information content (AvgIpc) is 2.83. The zero-order valence-corrected chi connectivity index (χ0v) is 10.1. The maximum Gasteiger partial charge on any atom is 0.412 e. The Bertz CT molecular complexity index is 454. The molecular formula is C13H13NO2S. The third kappa shape index (κ3) is 3.92. The first kappa shape index (κ1) is 11.7. The lowest BCUT2D eigenvalue weighted by molar-refractivity contribution is 0.200. The number of nitrogens with one attached hydrogen (secondary N) is 1. The van der Waals surface area contributed by atoms with E-state index in [1.165, 1.54) is 5.56 Å². The predicted molar refractivity (Wildman–Crippen MR) is 68.5 cm³/mol. The second-order valence-corrected chi connectivity index (χ2v) is 4.29. The minimum atomic E-state index is -0.411. The predicted octanol–water partition coefficient (Wildman–Crippen LogP) is 3.08. The van der Waals surface area contributed by atoms with Crippen LogP contribution in [-0.2, 0) is 6.42 Å². The van der Waals surface area contributed by atoms with Crippen molar-refractivity contribution >= 4 is 17.4 Å². The molecule has 88 valence electrons. The summed E-state index contributed by atoms with van der Waals surface area (Å²) in [6.45, 7) is 0.586. The van der Waals surface area contributed by atoms with Crippen LogP contribution in [-0.4, -0.2) is 12.6 Å². The van der Waals surface area contributed by atoms with Gasteiger partial charge in [-0.15, -0.1) is 0 Å². The number of carbonyl (C=O) groups is 1. The van der Waals surface area contributed by atoms with Gasteiger partial charge in [-0.2, -0.15) is 11.3 Å². The molecule has 0 aliphatic heterocycles. The summed E-state index contributed by atoms with van der Waals surface area (Å²) in [6.07, 6.45) is 0.416. The van der Waals surface area contributed by atoms with E-state index in [1.807, 2.05) is 23.6 Å². The summed E-state index contributed by atoms with van der Waals surface area (Å²) in [4.78, 5) is 11.4. The van der Waals surface area contributed by atoms with Gasteiger partial charge in [-0.25, -0.2) is 4.79 Å². The average molecular weight is 247 g/mol. The maximum atomic E-state index is 11.4. The van der Waals surface area contributed by atoms with Crippen molar-refractivity contribution in [2.24, 2.45) is 0 Å². The van der Waals surface area contributed by atoms with Crippen molar-refractivity contribution < 1.29 is 9.53 Å². The molecule has 4 heteroatoms. The molecule has 1 aromatic carbocycles. The lowest BCUT2D eigenvalue weighted by Crippen LogP contribution is -2.28. The maximum absolute atomic E-state index is 11.4. The van der Waals surface area contributed by atoms with Crippen molar-refractivity contribution in [1.29, 1.82) is 0 Å². The van der Waals surface area contributed by atoms with Crippen LogP contribution in [0.5, 0.6) is 5.75 Å². The van der Waals surface area contributed by atoms with Crippen molar-refractivity contribution in [2.75, 3.05) is 6.54 Å². The fourth-order valence-corrected chi connectivity index (χ4v) is 2.08. The first-order valence-electron chi connectivity index (χ1n) is 5.36. The number of hydrogen-bond acceptors (Lipinski definition) is 3. The molecule has 1 aromatic heterocycles. The molecule has 0 atom stereocenters. The van der Waals surface area contributed by atoms with Crippen LogP contribution in [0, 0.1) is 0 Å². The molecule has 1 heterocycles. The van der Waals surface area contributed by atoms with Gasteiger partial charge in [-0.05, 0) is 40.9 Å². The number of rotatable bonds is 4. The fourth-order valence-electron chi connectivity index (χ4n) is 1.38. The summed E-state index contributed by atoms with van der Waals surface area (Å²) in [5.41, 5.74) is 1.23. The first-order chi connectivity index (χ1) is 8.34. The molecule has 1 N–H and O–H groups in total. The second-order valence-electron chi connectivity index (χ2n) is 3.51. The highest BCUT2D eigenvalue weighted by atomic mass is 32.1. The molecule has 0 aliphatic carbocycles. The Hall–Kier alpha value is -1.81. The molecule has 0 saturated carbocycles. The van der Waals surface area contributed by atoms with E-state index in [-0.39, 0.29) is 0 Å². The molecule has 0 saturated heterocycles. The van der Waals surface area contributed by atoms with Crippen molar-refractivity contribution in [2.45, 2.75) is 6.42 Å². The smallest absolute Gasteiger partial charge is 0.410 e. The van der Waals surface area contributed by atoms with Gasteiger partial charge in [0.1, 0.15) is 5.75 Å². The Morgan fingerprint density at radius 1 is 1.24 bits per heavy atom. The van der Waals surface area contributed by atoms with E-state index in [0.717, 1.165) is 6.42 Å². The normalized spacial score (nSPS) is 9.88. The van der Waals surface area contributed by atoms with Crippen molar-refractivity contribution in [3.8, 4) is 5.75 Å². The molecule has 2 aromatic rings. The number of ether oxygens (including phenoxy) is 1. The SMILES string of the molecule is O=C(NCCc1ccsc1)Oc1ccccc1. The van der Waals surface area contributed by atoms with E-state index in [1.54, 1.807) is 23.5 Å². The van der Waals surface area contributed by atoms with Gasteiger partial charge in [0.2, 0.25) is 0 Å². The first-order valence-corrected chi connectivity index (χ1v) is 6.31. The molecule has 17 heavy (non-hydrogen) atoms. The Balaban J connectivity index is 1.71. The highest BCUT2D eigenvalue weighted by molar-refractivity contribution is 7.07. The van der Waals surface area contributed by atoms with Crippen LogP contribution in [0.25, 0.3) is 0 Å².